The van der Waals surface area contributed by atoms with E-state index >= 15 is 0 Å². The first-order valence-electron chi connectivity index (χ1n) is 12.1. The minimum atomic E-state index is -3.65. The molecule has 0 aliphatic heterocycles. The molecule has 2 aromatic carbocycles. The Labute approximate surface area is 196 Å². The molecule has 0 atom stereocenters. The summed E-state index contributed by atoms with van der Waals surface area (Å²) in [6, 6.07) is 12.0. The summed E-state index contributed by atoms with van der Waals surface area (Å²) in [6.07, 6.45) is 11.1. The summed E-state index contributed by atoms with van der Waals surface area (Å²) in [7, 11) is 0. The van der Waals surface area contributed by atoms with Crippen molar-refractivity contribution < 1.29 is 17.9 Å². The first kappa shape index (κ1) is 25.3. The Morgan fingerprint density at radius 1 is 0.909 bits per heavy atom. The normalized spacial score (nSPS) is 19.5. The maximum absolute atomic E-state index is 14.6. The van der Waals surface area contributed by atoms with E-state index in [9.17, 15) is 13.2 Å². The summed E-state index contributed by atoms with van der Waals surface area (Å²) in [4.78, 5) is 0. The molecule has 1 aliphatic carbocycles. The van der Waals surface area contributed by atoms with Crippen molar-refractivity contribution in [3.05, 3.63) is 94.8 Å². The van der Waals surface area contributed by atoms with Crippen molar-refractivity contribution in [3.8, 4) is 0 Å². The Balaban J connectivity index is 1.53. The summed E-state index contributed by atoms with van der Waals surface area (Å²) in [6.45, 7) is 3.84. The molecular weight excluding hydrogens is 421 g/mol. The highest BCUT2D eigenvalue weighted by atomic mass is 19.3. The second-order valence-corrected chi connectivity index (χ2v) is 8.92. The highest BCUT2D eigenvalue weighted by molar-refractivity contribution is 5.29. The van der Waals surface area contributed by atoms with Crippen molar-refractivity contribution in [2.45, 2.75) is 70.8 Å². The van der Waals surface area contributed by atoms with E-state index in [4.69, 9.17) is 4.74 Å². The number of ether oxygens (including phenoxy) is 1. The quantitative estimate of drug-likeness (QED) is 0.326. The van der Waals surface area contributed by atoms with Gasteiger partial charge in [-0.2, -0.15) is 8.78 Å². The van der Waals surface area contributed by atoms with Crippen molar-refractivity contribution in [1.29, 1.82) is 0 Å². The molecule has 0 bridgehead atoms. The first-order chi connectivity index (χ1) is 15.9. The number of allylic oxidation sites excluding steroid dienone is 4. The molecule has 0 unspecified atom stereocenters. The number of aryl methyl sites for hydroxylation is 1. The molecule has 0 amide bonds. The fraction of sp³-hybridized carbons (Fsp3) is 0.448. The van der Waals surface area contributed by atoms with Crippen molar-refractivity contribution in [2.24, 2.45) is 5.92 Å². The predicted octanol–water partition coefficient (Wildman–Crippen LogP) is 8.49. The van der Waals surface area contributed by atoms with Crippen LogP contribution in [0.5, 0.6) is 0 Å². The number of hydrogen-bond acceptors (Lipinski definition) is 1. The van der Waals surface area contributed by atoms with E-state index in [1.807, 2.05) is 44.2 Å². The molecule has 0 aromatic heterocycles. The largest absolute Gasteiger partial charge is 0.386 e. The molecule has 0 saturated heterocycles. The molecule has 0 N–H and O–H groups in total. The summed E-state index contributed by atoms with van der Waals surface area (Å²) < 4.78 is 48.7. The van der Waals surface area contributed by atoms with Crippen LogP contribution in [0.1, 0.15) is 74.1 Å². The summed E-state index contributed by atoms with van der Waals surface area (Å²) in [5, 5.41) is 0. The fourth-order valence-electron chi connectivity index (χ4n) is 4.60. The first-order valence-corrected chi connectivity index (χ1v) is 12.1. The van der Waals surface area contributed by atoms with Crippen LogP contribution in [0.25, 0.3) is 0 Å². The minimum absolute atomic E-state index is 0.179. The van der Waals surface area contributed by atoms with Gasteiger partial charge >= 0.3 is 6.11 Å². The van der Waals surface area contributed by atoms with Gasteiger partial charge in [-0.15, -0.1) is 0 Å². The van der Waals surface area contributed by atoms with E-state index in [2.05, 4.69) is 18.2 Å². The molecule has 178 valence electrons. The van der Waals surface area contributed by atoms with Crippen molar-refractivity contribution in [1.82, 2.24) is 0 Å². The number of halogens is 3. The molecule has 4 heteroatoms. The predicted molar refractivity (Wildman–Crippen MR) is 129 cm³/mol. The Hall–Kier alpha value is -2.33. The third-order valence-corrected chi connectivity index (χ3v) is 6.55. The van der Waals surface area contributed by atoms with Gasteiger partial charge in [0, 0.05) is 0 Å². The van der Waals surface area contributed by atoms with Crippen LogP contribution < -0.4 is 0 Å². The molecule has 0 radical (unpaired) electrons. The van der Waals surface area contributed by atoms with Crippen LogP contribution >= 0.6 is 0 Å². The van der Waals surface area contributed by atoms with Gasteiger partial charge in [-0.3, -0.25) is 0 Å². The van der Waals surface area contributed by atoms with Crippen LogP contribution in [0.15, 0.2) is 66.8 Å². The lowest BCUT2D eigenvalue weighted by atomic mass is 9.78. The smallest absolute Gasteiger partial charge is 0.316 e. The molecule has 0 spiro atoms. The van der Waals surface area contributed by atoms with Crippen LogP contribution in [-0.2, 0) is 23.7 Å². The summed E-state index contributed by atoms with van der Waals surface area (Å²) in [5.74, 6) is -0.0911. The summed E-state index contributed by atoms with van der Waals surface area (Å²) >= 11 is 0. The Morgan fingerprint density at radius 3 is 2.18 bits per heavy atom. The number of rotatable bonds is 10. The van der Waals surface area contributed by atoms with Crippen molar-refractivity contribution >= 4 is 0 Å². The Bertz CT molecular complexity index is 922. The Morgan fingerprint density at radius 2 is 1.58 bits per heavy atom. The average molecular weight is 457 g/mol. The highest BCUT2D eigenvalue weighted by Crippen LogP contribution is 2.38. The summed E-state index contributed by atoms with van der Waals surface area (Å²) in [5.41, 5.74) is 2.25. The van der Waals surface area contributed by atoms with Crippen LogP contribution in [0.4, 0.5) is 13.2 Å². The van der Waals surface area contributed by atoms with Crippen LogP contribution in [0, 0.1) is 11.7 Å². The molecule has 3 rings (SSSR count). The standard InChI is InChI=1S/C29H35F3O/c1-3-5-6-8-23-9-11-24(12-10-23)19-20-33-29(31,32)27-18-17-26(21-28(27)30)25-15-13-22(7-4-2)14-16-25/h3-5,7,9-12,17-18,21-22,25H,6,8,13-16,19-20H2,1-2H3. The van der Waals surface area contributed by atoms with E-state index in [0.29, 0.717) is 12.3 Å². The van der Waals surface area contributed by atoms with E-state index < -0.39 is 17.5 Å². The number of alkyl halides is 2. The van der Waals surface area contributed by atoms with Gasteiger partial charge in [0.15, 0.2) is 0 Å². The fourth-order valence-corrected chi connectivity index (χ4v) is 4.60. The molecule has 2 aromatic rings. The minimum Gasteiger partial charge on any atom is -0.316 e. The van der Waals surface area contributed by atoms with Gasteiger partial charge in [0.2, 0.25) is 0 Å². The van der Waals surface area contributed by atoms with E-state index in [1.54, 1.807) is 6.07 Å². The maximum Gasteiger partial charge on any atom is 0.386 e. The van der Waals surface area contributed by atoms with Gasteiger partial charge in [-0.25, -0.2) is 4.39 Å². The Kier molecular flexibility index (Phi) is 9.37. The van der Waals surface area contributed by atoms with Crippen LogP contribution in [-0.4, -0.2) is 6.61 Å². The molecule has 1 nitrogen and oxygen atoms in total. The van der Waals surface area contributed by atoms with Crippen LogP contribution in [0.2, 0.25) is 0 Å². The zero-order chi connectivity index (χ0) is 23.7. The topological polar surface area (TPSA) is 9.23 Å². The maximum atomic E-state index is 14.6. The zero-order valence-corrected chi connectivity index (χ0v) is 19.7. The van der Waals surface area contributed by atoms with Gasteiger partial charge in [0.25, 0.3) is 0 Å². The molecule has 33 heavy (non-hydrogen) atoms. The van der Waals surface area contributed by atoms with Gasteiger partial charge < -0.3 is 4.74 Å². The third-order valence-electron chi connectivity index (χ3n) is 6.55. The second kappa shape index (κ2) is 12.2. The lowest BCUT2D eigenvalue weighted by Gasteiger charge is -2.27. The van der Waals surface area contributed by atoms with Gasteiger partial charge in [-0.1, -0.05) is 54.6 Å². The van der Waals surface area contributed by atoms with Crippen molar-refractivity contribution in [2.75, 3.05) is 6.61 Å². The molecule has 0 heterocycles. The molecule has 1 fully saturated rings. The van der Waals surface area contributed by atoms with Gasteiger partial charge in [-0.05, 0) is 99.5 Å². The van der Waals surface area contributed by atoms with Gasteiger partial charge in [0.05, 0.1) is 12.2 Å². The highest BCUT2D eigenvalue weighted by Gasteiger charge is 2.36. The molecular formula is C29H35F3O. The van der Waals surface area contributed by atoms with Crippen LogP contribution in [0.3, 0.4) is 0 Å². The number of benzene rings is 2. The number of hydrogen-bond donors (Lipinski definition) is 0. The van der Waals surface area contributed by atoms with E-state index in [1.165, 1.54) is 17.7 Å². The molecule has 1 aliphatic rings. The lowest BCUT2D eigenvalue weighted by molar-refractivity contribution is -0.249. The van der Waals surface area contributed by atoms with Gasteiger partial charge in [0.1, 0.15) is 5.82 Å². The SMILES string of the molecule is CC=CCCc1ccc(CCOC(F)(F)c2ccc(C3CCC(C=CC)CC3)cc2F)cc1. The monoisotopic (exact) mass is 456 g/mol. The third kappa shape index (κ3) is 7.33. The van der Waals surface area contributed by atoms with Crippen molar-refractivity contribution in [3.63, 3.8) is 0 Å². The molecule has 1 saturated carbocycles. The lowest BCUT2D eigenvalue weighted by Crippen LogP contribution is -2.22. The van der Waals surface area contributed by atoms with E-state index in [-0.39, 0.29) is 12.5 Å². The van der Waals surface area contributed by atoms with E-state index in [0.717, 1.165) is 49.7 Å². The zero-order valence-electron chi connectivity index (χ0n) is 19.7. The average Bonchev–Trinajstić information content (AvgIpc) is 2.81. The second-order valence-electron chi connectivity index (χ2n) is 8.92.